The number of benzene rings is 2. The molecule has 0 saturated carbocycles. The van der Waals surface area contributed by atoms with E-state index in [2.05, 4.69) is 10.6 Å². The highest BCUT2D eigenvalue weighted by Gasteiger charge is 2.28. The van der Waals surface area contributed by atoms with E-state index >= 15 is 0 Å². The normalized spacial score (nSPS) is 11.2. The highest BCUT2D eigenvalue weighted by Crippen LogP contribution is 2.27. The fourth-order valence-corrected chi connectivity index (χ4v) is 3.74. The van der Waals surface area contributed by atoms with Gasteiger partial charge in [0.05, 0.1) is 9.88 Å². The zero-order valence-corrected chi connectivity index (χ0v) is 17.6. The minimum absolute atomic E-state index is 0.0451. The van der Waals surface area contributed by atoms with Crippen LogP contribution < -0.4 is 15.4 Å². The number of hydrogen-bond acceptors (Lipinski definition) is 4. The van der Waals surface area contributed by atoms with Crippen LogP contribution in [0.5, 0.6) is 5.75 Å². The van der Waals surface area contributed by atoms with Gasteiger partial charge in [-0.05, 0) is 54.4 Å². The van der Waals surface area contributed by atoms with Gasteiger partial charge in [0.2, 0.25) is 0 Å². The van der Waals surface area contributed by atoms with E-state index in [1.54, 1.807) is 19.1 Å². The lowest BCUT2D eigenvalue weighted by Crippen LogP contribution is -2.22. The van der Waals surface area contributed by atoms with E-state index in [-0.39, 0.29) is 17.9 Å². The van der Waals surface area contributed by atoms with E-state index in [0.717, 1.165) is 17.4 Å². The third-order valence-corrected chi connectivity index (χ3v) is 5.35. The Morgan fingerprint density at radius 2 is 1.78 bits per heavy atom. The first kappa shape index (κ1) is 23.3. The maximum atomic E-state index is 13.3. The zero-order chi connectivity index (χ0) is 23.3. The fraction of sp³-hybridized carbons (Fsp3) is 0.182. The highest BCUT2D eigenvalue weighted by atomic mass is 32.1. The van der Waals surface area contributed by atoms with Crippen molar-refractivity contribution in [3.63, 3.8) is 0 Å². The van der Waals surface area contributed by atoms with Crippen LogP contribution in [-0.4, -0.2) is 24.6 Å². The van der Waals surface area contributed by atoms with Gasteiger partial charge in [0.15, 0.2) is 6.61 Å². The number of carbonyl (C=O) groups is 2. The summed E-state index contributed by atoms with van der Waals surface area (Å²) in [5, 5.41) is 5.75. The minimum atomic E-state index is -4.44. The fourth-order valence-electron chi connectivity index (χ4n) is 2.76. The lowest BCUT2D eigenvalue weighted by Gasteiger charge is -2.10. The average molecular weight is 466 g/mol. The van der Waals surface area contributed by atoms with Crippen LogP contribution in [0.2, 0.25) is 0 Å². The van der Waals surface area contributed by atoms with Gasteiger partial charge in [0, 0.05) is 12.1 Å². The molecule has 2 aromatic carbocycles. The van der Waals surface area contributed by atoms with Gasteiger partial charge >= 0.3 is 6.18 Å². The third-order valence-electron chi connectivity index (χ3n) is 4.20. The molecule has 0 bridgehead atoms. The first-order chi connectivity index (χ1) is 15.1. The summed E-state index contributed by atoms with van der Waals surface area (Å²) in [6.45, 7) is 0.376. The predicted octanol–water partition coefficient (Wildman–Crippen LogP) is 5.32. The number of halogens is 4. The zero-order valence-electron chi connectivity index (χ0n) is 16.8. The number of amides is 2. The molecular formula is C22H18F4N2O3S. The standard InChI is InChI=1S/C22H18F4N2O3S/c1-13-8-18(28-20(29)15-5-3-6-16(23)10-15)32-19(13)21(30)27-11-14-4-2-7-17(9-14)31-12-22(24,25)26/h2-10H,11-12H2,1H3,(H,27,30)(H,28,29). The summed E-state index contributed by atoms with van der Waals surface area (Å²) in [6.07, 6.45) is -4.44. The molecule has 10 heteroatoms. The van der Waals surface area contributed by atoms with Crippen LogP contribution in [0.3, 0.4) is 0 Å². The van der Waals surface area contributed by atoms with Gasteiger partial charge in [-0.3, -0.25) is 9.59 Å². The Morgan fingerprint density at radius 3 is 2.50 bits per heavy atom. The minimum Gasteiger partial charge on any atom is -0.484 e. The van der Waals surface area contributed by atoms with Crippen LogP contribution in [0.1, 0.15) is 31.2 Å². The van der Waals surface area contributed by atoms with Crippen molar-refractivity contribution in [2.45, 2.75) is 19.6 Å². The van der Waals surface area contributed by atoms with E-state index in [4.69, 9.17) is 4.74 Å². The number of nitrogens with one attached hydrogen (secondary N) is 2. The first-order valence-electron chi connectivity index (χ1n) is 9.35. The molecule has 5 nitrogen and oxygen atoms in total. The molecule has 3 rings (SSSR count). The van der Waals surface area contributed by atoms with Crippen LogP contribution in [0, 0.1) is 12.7 Å². The summed E-state index contributed by atoms with van der Waals surface area (Å²) in [5.74, 6) is -1.40. The highest BCUT2D eigenvalue weighted by molar-refractivity contribution is 7.18. The number of alkyl halides is 3. The molecule has 1 aromatic heterocycles. The van der Waals surface area contributed by atoms with E-state index < -0.39 is 30.4 Å². The third kappa shape index (κ3) is 6.55. The molecule has 0 spiro atoms. The Bertz CT molecular complexity index is 1130. The molecule has 2 amide bonds. The van der Waals surface area contributed by atoms with Crippen molar-refractivity contribution < 1.29 is 31.9 Å². The van der Waals surface area contributed by atoms with Crippen LogP contribution in [-0.2, 0) is 6.54 Å². The molecule has 0 fully saturated rings. The molecule has 32 heavy (non-hydrogen) atoms. The molecule has 1 heterocycles. The summed E-state index contributed by atoms with van der Waals surface area (Å²) in [7, 11) is 0. The van der Waals surface area contributed by atoms with Crippen molar-refractivity contribution in [2.75, 3.05) is 11.9 Å². The molecule has 0 aliphatic rings. The maximum absolute atomic E-state index is 13.3. The van der Waals surface area contributed by atoms with E-state index in [0.29, 0.717) is 21.0 Å². The van der Waals surface area contributed by atoms with Crippen molar-refractivity contribution in [3.05, 3.63) is 82.0 Å². The number of carbonyl (C=O) groups excluding carboxylic acids is 2. The second-order valence-electron chi connectivity index (χ2n) is 6.82. The Hall–Kier alpha value is -3.40. The average Bonchev–Trinajstić information content (AvgIpc) is 3.10. The SMILES string of the molecule is Cc1cc(NC(=O)c2cccc(F)c2)sc1C(=O)NCc1cccc(OCC(F)(F)F)c1. The summed E-state index contributed by atoms with van der Waals surface area (Å²) in [6, 6.07) is 12.8. The summed E-state index contributed by atoms with van der Waals surface area (Å²) < 4.78 is 54.9. The molecule has 0 saturated heterocycles. The largest absolute Gasteiger partial charge is 0.484 e. The maximum Gasteiger partial charge on any atom is 0.422 e. The van der Waals surface area contributed by atoms with Crippen LogP contribution >= 0.6 is 11.3 Å². The van der Waals surface area contributed by atoms with Crippen molar-refractivity contribution >= 4 is 28.2 Å². The molecule has 2 N–H and O–H groups in total. The van der Waals surface area contributed by atoms with Crippen molar-refractivity contribution in [1.82, 2.24) is 5.32 Å². The van der Waals surface area contributed by atoms with Gasteiger partial charge in [-0.25, -0.2) is 4.39 Å². The number of anilines is 1. The van der Waals surface area contributed by atoms with Crippen molar-refractivity contribution in [2.24, 2.45) is 0 Å². The number of aryl methyl sites for hydroxylation is 1. The van der Waals surface area contributed by atoms with Gasteiger partial charge in [-0.1, -0.05) is 18.2 Å². The van der Waals surface area contributed by atoms with Crippen LogP contribution in [0.25, 0.3) is 0 Å². The Morgan fingerprint density at radius 1 is 1.03 bits per heavy atom. The van der Waals surface area contributed by atoms with E-state index in [9.17, 15) is 27.2 Å². The lowest BCUT2D eigenvalue weighted by molar-refractivity contribution is -0.153. The molecule has 0 aliphatic heterocycles. The lowest BCUT2D eigenvalue weighted by atomic mass is 10.2. The Balaban J connectivity index is 1.60. The van der Waals surface area contributed by atoms with Gasteiger partial charge in [0.1, 0.15) is 11.6 Å². The number of hydrogen-bond donors (Lipinski definition) is 2. The molecule has 0 radical (unpaired) electrons. The Labute approximate surface area is 185 Å². The summed E-state index contributed by atoms with van der Waals surface area (Å²) in [4.78, 5) is 25.2. The van der Waals surface area contributed by atoms with Gasteiger partial charge in [-0.2, -0.15) is 13.2 Å². The quantitative estimate of drug-likeness (QED) is 0.463. The number of ether oxygens (including phenoxy) is 1. The van der Waals surface area contributed by atoms with E-state index in [1.165, 1.54) is 36.4 Å². The first-order valence-corrected chi connectivity index (χ1v) is 10.2. The predicted molar refractivity (Wildman–Crippen MR) is 113 cm³/mol. The van der Waals surface area contributed by atoms with E-state index in [1.807, 2.05) is 0 Å². The topological polar surface area (TPSA) is 67.4 Å². The van der Waals surface area contributed by atoms with Crippen molar-refractivity contribution in [3.8, 4) is 5.75 Å². The Kier molecular flexibility index (Phi) is 7.14. The van der Waals surface area contributed by atoms with Crippen LogP contribution in [0.4, 0.5) is 22.6 Å². The second-order valence-corrected chi connectivity index (χ2v) is 7.87. The van der Waals surface area contributed by atoms with Crippen molar-refractivity contribution in [1.29, 1.82) is 0 Å². The molecular weight excluding hydrogens is 448 g/mol. The summed E-state index contributed by atoms with van der Waals surface area (Å²) >= 11 is 1.06. The second kappa shape index (κ2) is 9.82. The van der Waals surface area contributed by atoms with Gasteiger partial charge in [0.25, 0.3) is 11.8 Å². The smallest absolute Gasteiger partial charge is 0.422 e. The van der Waals surface area contributed by atoms with Gasteiger partial charge < -0.3 is 15.4 Å². The molecule has 3 aromatic rings. The number of rotatable bonds is 7. The molecule has 0 unspecified atom stereocenters. The molecule has 168 valence electrons. The number of thiophene rings is 1. The monoisotopic (exact) mass is 466 g/mol. The summed E-state index contributed by atoms with van der Waals surface area (Å²) in [5.41, 5.74) is 1.34. The molecule has 0 aliphatic carbocycles. The molecule has 0 atom stereocenters. The van der Waals surface area contributed by atoms with Gasteiger partial charge in [-0.15, -0.1) is 11.3 Å². The van der Waals surface area contributed by atoms with Crippen LogP contribution in [0.15, 0.2) is 54.6 Å².